The van der Waals surface area contributed by atoms with Gasteiger partial charge in [-0.15, -0.1) is 0 Å². The molecular formula is C22H21N7O2. The average Bonchev–Trinajstić information content (AvgIpc) is 3.26. The highest BCUT2D eigenvalue weighted by molar-refractivity contribution is 5.77. The third-order valence-electron chi connectivity index (χ3n) is 5.90. The van der Waals surface area contributed by atoms with Crippen LogP contribution in [0.5, 0.6) is 0 Å². The number of hydrogen-bond acceptors (Lipinski definition) is 6. The van der Waals surface area contributed by atoms with E-state index in [4.69, 9.17) is 9.51 Å². The minimum atomic E-state index is 0.0101. The van der Waals surface area contributed by atoms with Crippen LogP contribution in [0.1, 0.15) is 37.0 Å². The van der Waals surface area contributed by atoms with Crippen LogP contribution in [0.4, 0.5) is 0 Å². The number of para-hydroxylation sites is 2. The lowest BCUT2D eigenvalue weighted by Crippen LogP contribution is -2.25. The Hall–Kier alpha value is -3.75. The molecule has 0 saturated heterocycles. The van der Waals surface area contributed by atoms with E-state index in [2.05, 4.69) is 25.8 Å². The summed E-state index contributed by atoms with van der Waals surface area (Å²) in [5.74, 6) is 1.55. The third-order valence-corrected chi connectivity index (χ3v) is 5.90. The van der Waals surface area contributed by atoms with Crippen LogP contribution in [0, 0.1) is 0 Å². The van der Waals surface area contributed by atoms with Crippen molar-refractivity contribution in [3.8, 4) is 0 Å². The van der Waals surface area contributed by atoms with Crippen molar-refractivity contribution in [3.63, 3.8) is 0 Å². The molecule has 4 aromatic heterocycles. The predicted octanol–water partition coefficient (Wildman–Crippen LogP) is 2.95. The van der Waals surface area contributed by atoms with Gasteiger partial charge >= 0.3 is 5.69 Å². The fraction of sp³-hybridized carbons (Fsp3) is 0.318. The van der Waals surface area contributed by atoms with E-state index >= 15 is 0 Å². The summed E-state index contributed by atoms with van der Waals surface area (Å²) in [6.07, 6.45) is 8.53. The zero-order valence-electron chi connectivity index (χ0n) is 16.9. The quantitative estimate of drug-likeness (QED) is 0.405. The molecule has 1 aromatic carbocycles. The predicted molar refractivity (Wildman–Crippen MR) is 114 cm³/mol. The standard InChI is InChI=1S/C22H21N7O2/c30-22-28(19-12-23-10-9-18(19)29(22)15-7-8-15)13-21-25-16-4-1-2-5-17(16)27(21)11-3-6-20-24-14-31-26-20/h1-2,4-5,9-10,12,14-15H,3,6-8,11,13H2. The summed E-state index contributed by atoms with van der Waals surface area (Å²) < 4.78 is 10.7. The molecule has 156 valence electrons. The second kappa shape index (κ2) is 7.19. The van der Waals surface area contributed by atoms with Crippen LogP contribution in [0.25, 0.3) is 22.1 Å². The van der Waals surface area contributed by atoms with Gasteiger partial charge in [0.05, 0.1) is 34.8 Å². The van der Waals surface area contributed by atoms with Crippen molar-refractivity contribution < 1.29 is 4.52 Å². The number of benzene rings is 1. The second-order valence-corrected chi connectivity index (χ2v) is 7.95. The summed E-state index contributed by atoms with van der Waals surface area (Å²) in [6.45, 7) is 1.15. The number of aromatic nitrogens is 7. The number of rotatable bonds is 7. The number of aryl methyl sites for hydroxylation is 2. The number of hydrogen-bond donors (Lipinski definition) is 0. The molecule has 5 aromatic rings. The number of imidazole rings is 2. The summed E-state index contributed by atoms with van der Waals surface area (Å²) in [7, 11) is 0. The molecule has 0 atom stereocenters. The zero-order valence-corrected chi connectivity index (χ0v) is 16.9. The first-order valence-corrected chi connectivity index (χ1v) is 10.5. The lowest BCUT2D eigenvalue weighted by Gasteiger charge is -2.09. The van der Waals surface area contributed by atoms with Crippen LogP contribution in [0.3, 0.4) is 0 Å². The minimum absolute atomic E-state index is 0.0101. The van der Waals surface area contributed by atoms with Gasteiger partial charge in [-0.3, -0.25) is 14.1 Å². The van der Waals surface area contributed by atoms with E-state index < -0.39 is 0 Å². The Morgan fingerprint density at radius 1 is 1.06 bits per heavy atom. The maximum Gasteiger partial charge on any atom is 0.329 e. The highest BCUT2D eigenvalue weighted by atomic mass is 16.5. The van der Waals surface area contributed by atoms with Crippen molar-refractivity contribution in [1.82, 2.24) is 33.8 Å². The molecule has 0 N–H and O–H groups in total. The van der Waals surface area contributed by atoms with Crippen molar-refractivity contribution in [3.05, 3.63) is 71.3 Å². The van der Waals surface area contributed by atoms with Crippen molar-refractivity contribution in [2.75, 3.05) is 0 Å². The van der Waals surface area contributed by atoms with E-state index in [1.807, 2.05) is 28.8 Å². The van der Waals surface area contributed by atoms with Crippen molar-refractivity contribution in [1.29, 1.82) is 0 Å². The molecule has 0 unspecified atom stereocenters. The Kier molecular flexibility index (Phi) is 4.19. The lowest BCUT2D eigenvalue weighted by molar-refractivity contribution is 0.408. The summed E-state index contributed by atoms with van der Waals surface area (Å²) in [5, 5.41) is 3.89. The highest BCUT2D eigenvalue weighted by Crippen LogP contribution is 2.36. The largest absolute Gasteiger partial charge is 0.343 e. The molecule has 0 aliphatic heterocycles. The van der Waals surface area contributed by atoms with Gasteiger partial charge < -0.3 is 9.09 Å². The Morgan fingerprint density at radius 2 is 1.97 bits per heavy atom. The molecule has 4 heterocycles. The van der Waals surface area contributed by atoms with Gasteiger partial charge in [-0.25, -0.2) is 9.78 Å². The van der Waals surface area contributed by atoms with Crippen molar-refractivity contribution >= 4 is 22.1 Å². The number of pyridine rings is 1. The van der Waals surface area contributed by atoms with Crippen LogP contribution in [0.2, 0.25) is 0 Å². The molecule has 1 fully saturated rings. The maximum absolute atomic E-state index is 13.3. The zero-order chi connectivity index (χ0) is 20.8. The Labute approximate surface area is 177 Å². The molecule has 0 amide bonds. The first kappa shape index (κ1) is 18.1. The second-order valence-electron chi connectivity index (χ2n) is 7.95. The molecule has 0 bridgehead atoms. The Bertz CT molecular complexity index is 1420. The molecule has 1 saturated carbocycles. The summed E-state index contributed by atoms with van der Waals surface area (Å²) in [6, 6.07) is 10.3. The van der Waals surface area contributed by atoms with E-state index in [0.29, 0.717) is 24.8 Å². The van der Waals surface area contributed by atoms with E-state index in [-0.39, 0.29) is 5.69 Å². The van der Waals surface area contributed by atoms with Gasteiger partial charge in [0.25, 0.3) is 0 Å². The van der Waals surface area contributed by atoms with E-state index in [9.17, 15) is 4.79 Å². The van der Waals surface area contributed by atoms with Crippen LogP contribution < -0.4 is 5.69 Å². The molecule has 0 radical (unpaired) electrons. The SMILES string of the molecule is O=c1n(Cc2nc3ccccc3n2CCCc2ncon2)c2cnccc2n1C1CC1. The first-order chi connectivity index (χ1) is 15.3. The Balaban J connectivity index is 1.40. The molecular weight excluding hydrogens is 394 g/mol. The van der Waals surface area contributed by atoms with E-state index in [0.717, 1.165) is 53.7 Å². The van der Waals surface area contributed by atoms with Gasteiger partial charge in [-0.05, 0) is 37.5 Å². The van der Waals surface area contributed by atoms with Gasteiger partial charge in [0.2, 0.25) is 6.39 Å². The average molecular weight is 415 g/mol. The fourth-order valence-corrected chi connectivity index (χ4v) is 4.30. The normalized spacial score (nSPS) is 14.1. The molecule has 1 aliphatic carbocycles. The molecule has 9 nitrogen and oxygen atoms in total. The Morgan fingerprint density at radius 3 is 2.81 bits per heavy atom. The fourth-order valence-electron chi connectivity index (χ4n) is 4.30. The smallest absolute Gasteiger partial charge is 0.329 e. The van der Waals surface area contributed by atoms with Crippen LogP contribution >= 0.6 is 0 Å². The molecule has 31 heavy (non-hydrogen) atoms. The van der Waals surface area contributed by atoms with Crippen LogP contribution in [0.15, 0.2) is 58.4 Å². The molecule has 9 heteroatoms. The molecule has 0 spiro atoms. The minimum Gasteiger partial charge on any atom is -0.343 e. The van der Waals surface area contributed by atoms with Crippen LogP contribution in [-0.2, 0) is 19.5 Å². The van der Waals surface area contributed by atoms with E-state index in [1.54, 1.807) is 17.0 Å². The van der Waals surface area contributed by atoms with Crippen molar-refractivity contribution in [2.45, 2.75) is 44.8 Å². The summed E-state index contributed by atoms with van der Waals surface area (Å²) in [4.78, 5) is 26.5. The molecule has 1 aliphatic rings. The van der Waals surface area contributed by atoms with E-state index in [1.165, 1.54) is 6.39 Å². The third kappa shape index (κ3) is 3.13. The van der Waals surface area contributed by atoms with Gasteiger partial charge in [0.15, 0.2) is 5.82 Å². The number of fused-ring (bicyclic) bond motifs is 2. The number of nitrogens with zero attached hydrogens (tertiary/aromatic N) is 7. The van der Waals surface area contributed by atoms with Crippen LogP contribution in [-0.4, -0.2) is 33.8 Å². The van der Waals surface area contributed by atoms with Gasteiger partial charge in [0, 0.05) is 25.2 Å². The topological polar surface area (TPSA) is 96.6 Å². The van der Waals surface area contributed by atoms with Gasteiger partial charge in [0.1, 0.15) is 5.82 Å². The highest BCUT2D eigenvalue weighted by Gasteiger charge is 2.29. The first-order valence-electron chi connectivity index (χ1n) is 10.5. The molecule has 6 rings (SSSR count). The van der Waals surface area contributed by atoms with Gasteiger partial charge in [-0.1, -0.05) is 17.3 Å². The maximum atomic E-state index is 13.3. The lowest BCUT2D eigenvalue weighted by atomic mass is 10.2. The van der Waals surface area contributed by atoms with Gasteiger partial charge in [-0.2, -0.15) is 4.98 Å². The summed E-state index contributed by atoms with van der Waals surface area (Å²) in [5.41, 5.74) is 3.79. The monoisotopic (exact) mass is 415 g/mol. The van der Waals surface area contributed by atoms with Crippen molar-refractivity contribution in [2.24, 2.45) is 0 Å². The summed E-state index contributed by atoms with van der Waals surface area (Å²) >= 11 is 0.